The maximum Gasteiger partial charge on any atom is 0.136 e. The number of allylic oxidation sites excluding steroid dienone is 6. The molecule has 0 unspecified atom stereocenters. The number of aryl methyl sites for hydroxylation is 1. The van der Waals surface area contributed by atoms with Crippen LogP contribution in [0, 0.1) is 0 Å². The van der Waals surface area contributed by atoms with E-state index in [1.165, 1.54) is 54.2 Å². The van der Waals surface area contributed by atoms with Crippen LogP contribution in [0.15, 0.2) is 215 Å². The highest BCUT2D eigenvalue weighted by molar-refractivity contribution is 6.33. The fourth-order valence-electron chi connectivity index (χ4n) is 9.53. The molecule has 0 amide bonds. The molecule has 0 N–H and O–H groups in total. The Kier molecular flexibility index (Phi) is 11.6. The summed E-state index contributed by atoms with van der Waals surface area (Å²) in [6.07, 6.45) is 18.0. The lowest BCUT2D eigenvalue weighted by molar-refractivity contribution is 0.667. The van der Waals surface area contributed by atoms with Crippen molar-refractivity contribution in [1.82, 2.24) is 0 Å². The molecular weight excluding hydrogens is 805 g/mol. The number of benzene rings is 8. The van der Waals surface area contributed by atoms with Gasteiger partial charge in [-0.3, -0.25) is 4.99 Å². The molecular formula is C62H52N2O2. The van der Waals surface area contributed by atoms with E-state index in [4.69, 9.17) is 13.8 Å². The first kappa shape index (κ1) is 42.0. The summed E-state index contributed by atoms with van der Waals surface area (Å²) < 4.78 is 12.4. The molecule has 322 valence electrons. The zero-order valence-corrected chi connectivity index (χ0v) is 37.7. The van der Waals surface area contributed by atoms with E-state index in [0.717, 1.165) is 99.5 Å². The molecule has 0 aliphatic rings. The van der Waals surface area contributed by atoms with Crippen LogP contribution in [0.4, 0.5) is 5.69 Å². The predicted molar refractivity (Wildman–Crippen MR) is 284 cm³/mol. The molecule has 0 radical (unpaired) electrons. The van der Waals surface area contributed by atoms with E-state index in [2.05, 4.69) is 183 Å². The van der Waals surface area contributed by atoms with Gasteiger partial charge in [0, 0.05) is 51.3 Å². The minimum Gasteiger partial charge on any atom is -0.456 e. The van der Waals surface area contributed by atoms with Gasteiger partial charge in [-0.05, 0) is 142 Å². The Morgan fingerprint density at radius 2 is 1.36 bits per heavy atom. The fourth-order valence-corrected chi connectivity index (χ4v) is 9.53. The van der Waals surface area contributed by atoms with Gasteiger partial charge in [-0.25, -0.2) is 0 Å². The summed E-state index contributed by atoms with van der Waals surface area (Å²) in [5.41, 5.74) is 14.4. The smallest absolute Gasteiger partial charge is 0.136 e. The number of nitrogens with zero attached hydrogens (tertiary/aromatic N) is 2. The maximum atomic E-state index is 6.30. The van der Waals surface area contributed by atoms with Crippen LogP contribution in [0.5, 0.6) is 0 Å². The van der Waals surface area contributed by atoms with Crippen molar-refractivity contribution in [3.63, 3.8) is 0 Å². The number of fused-ring (bicyclic) bond motifs is 6. The summed E-state index contributed by atoms with van der Waals surface area (Å²) in [6, 6.07) is 49.7. The van der Waals surface area contributed by atoms with Crippen molar-refractivity contribution in [3.05, 3.63) is 224 Å². The van der Waals surface area contributed by atoms with Gasteiger partial charge in [0.15, 0.2) is 0 Å². The topological polar surface area (TPSA) is 41.9 Å². The van der Waals surface area contributed by atoms with Crippen LogP contribution in [-0.4, -0.2) is 12.3 Å². The van der Waals surface area contributed by atoms with E-state index in [1.807, 2.05) is 37.3 Å². The van der Waals surface area contributed by atoms with Crippen molar-refractivity contribution >= 4 is 88.5 Å². The molecule has 0 aliphatic heterocycles. The van der Waals surface area contributed by atoms with Crippen LogP contribution < -0.4 is 4.90 Å². The van der Waals surface area contributed by atoms with Gasteiger partial charge in [0.2, 0.25) is 0 Å². The van der Waals surface area contributed by atoms with Crippen LogP contribution >= 0.6 is 0 Å². The van der Waals surface area contributed by atoms with Crippen molar-refractivity contribution in [1.29, 1.82) is 0 Å². The lowest BCUT2D eigenvalue weighted by Crippen LogP contribution is -2.15. The average molecular weight is 857 g/mol. The first-order valence-electron chi connectivity index (χ1n) is 23.0. The number of para-hydroxylation sites is 1. The number of anilines is 1. The van der Waals surface area contributed by atoms with Gasteiger partial charge in [0.05, 0.1) is 5.69 Å². The standard InChI is InChI=1S/C62H52N2O2/c1-6-15-47(16-7-2)64(37-35-43-25-32-48-51-20-12-23-58-61(51)62-52(54(48)38-43)21-13-24-59(62)66-58)56-34-31-46(40-53(56)41(5)9-4)44-27-29-45(30-28-44)55(17-8-3)63-36-14-18-42-26-33-50-49-19-10-11-22-57(49)65-60(50)39-42/h6-7,9-13,15-16,19-35,37-40H,1,4-5,8,14,17-18,36H2,2-3H3/b16-7-,37-35?,47-15+,63-55?. The van der Waals surface area contributed by atoms with Gasteiger partial charge in [0.25, 0.3) is 0 Å². The number of hydrogen-bond acceptors (Lipinski definition) is 4. The molecule has 0 atom stereocenters. The highest BCUT2D eigenvalue weighted by atomic mass is 16.3. The number of rotatable bonds is 16. The molecule has 0 aliphatic carbocycles. The van der Waals surface area contributed by atoms with E-state index >= 15 is 0 Å². The zero-order valence-electron chi connectivity index (χ0n) is 37.7. The maximum absolute atomic E-state index is 6.30. The van der Waals surface area contributed by atoms with E-state index < -0.39 is 0 Å². The molecule has 0 saturated carbocycles. The Morgan fingerprint density at radius 3 is 2.12 bits per heavy atom. The van der Waals surface area contributed by atoms with Crippen LogP contribution in [0.3, 0.4) is 0 Å². The Hall–Kier alpha value is -7.95. The molecule has 8 aromatic carbocycles. The predicted octanol–water partition coefficient (Wildman–Crippen LogP) is 17.4. The first-order chi connectivity index (χ1) is 32.5. The van der Waals surface area contributed by atoms with Crippen molar-refractivity contribution in [3.8, 4) is 11.1 Å². The molecule has 10 aromatic rings. The number of aliphatic imine (C=N–C) groups is 1. The fraction of sp³-hybridized carbons (Fsp3) is 0.113. The van der Waals surface area contributed by atoms with Crippen LogP contribution in [0.2, 0.25) is 0 Å². The summed E-state index contributed by atoms with van der Waals surface area (Å²) >= 11 is 0. The molecule has 2 heterocycles. The second kappa shape index (κ2) is 18.3. The van der Waals surface area contributed by atoms with Gasteiger partial charge in [-0.2, -0.15) is 0 Å². The van der Waals surface area contributed by atoms with Crippen molar-refractivity contribution < 1.29 is 8.83 Å². The molecule has 4 heteroatoms. The second-order valence-corrected chi connectivity index (χ2v) is 16.9. The second-order valence-electron chi connectivity index (χ2n) is 16.9. The lowest BCUT2D eigenvalue weighted by Gasteiger charge is -2.26. The van der Waals surface area contributed by atoms with Gasteiger partial charge in [-0.15, -0.1) is 0 Å². The summed E-state index contributed by atoms with van der Waals surface area (Å²) in [6.45, 7) is 17.7. The van der Waals surface area contributed by atoms with E-state index in [0.29, 0.717) is 0 Å². The molecule has 66 heavy (non-hydrogen) atoms. The summed E-state index contributed by atoms with van der Waals surface area (Å²) in [5.74, 6) is 0. The Balaban J connectivity index is 0.927. The van der Waals surface area contributed by atoms with Crippen LogP contribution in [-0.2, 0) is 6.42 Å². The van der Waals surface area contributed by atoms with Gasteiger partial charge in [-0.1, -0.05) is 148 Å². The molecule has 0 spiro atoms. The minimum absolute atomic E-state index is 0.774. The average Bonchev–Trinajstić information content (AvgIpc) is 3.93. The van der Waals surface area contributed by atoms with Gasteiger partial charge >= 0.3 is 0 Å². The first-order valence-corrected chi connectivity index (χ1v) is 23.0. The van der Waals surface area contributed by atoms with Gasteiger partial charge < -0.3 is 13.7 Å². The Morgan fingerprint density at radius 1 is 0.667 bits per heavy atom. The van der Waals surface area contributed by atoms with Crippen molar-refractivity contribution in [2.45, 2.75) is 39.5 Å². The van der Waals surface area contributed by atoms with E-state index in [-0.39, 0.29) is 0 Å². The Labute approximate surface area is 386 Å². The molecule has 10 rings (SSSR count). The summed E-state index contributed by atoms with van der Waals surface area (Å²) in [7, 11) is 0. The SMILES string of the molecule is C=C/C=C(\C=C/C)N(C=Cc1ccc2c(c1)c1cccc3oc4cccc2c4c31)c1ccc(-c2ccc(C(CCC)=NCCCc3ccc4c(c3)oc3ccccc34)cc2)cc1C(=C)C=C. The van der Waals surface area contributed by atoms with Gasteiger partial charge in [0.1, 0.15) is 22.3 Å². The molecule has 0 bridgehead atoms. The Bertz CT molecular complexity index is 3590. The quantitative estimate of drug-likeness (QED) is 0.0421. The molecule has 2 aromatic heterocycles. The van der Waals surface area contributed by atoms with Crippen LogP contribution in [0.1, 0.15) is 55.4 Å². The summed E-state index contributed by atoms with van der Waals surface area (Å²) in [4.78, 5) is 7.35. The van der Waals surface area contributed by atoms with Crippen molar-refractivity contribution in [2.75, 3.05) is 11.4 Å². The molecule has 4 nitrogen and oxygen atoms in total. The largest absolute Gasteiger partial charge is 0.456 e. The van der Waals surface area contributed by atoms with Crippen LogP contribution in [0.25, 0.3) is 88.2 Å². The highest BCUT2D eigenvalue weighted by Crippen LogP contribution is 2.43. The zero-order chi connectivity index (χ0) is 45.1. The third-order valence-corrected chi connectivity index (χ3v) is 12.7. The lowest BCUT2D eigenvalue weighted by atomic mass is 9.93. The van der Waals surface area contributed by atoms with E-state index in [9.17, 15) is 0 Å². The van der Waals surface area contributed by atoms with E-state index in [1.54, 1.807) is 0 Å². The monoisotopic (exact) mass is 856 g/mol. The third kappa shape index (κ3) is 7.86. The highest BCUT2D eigenvalue weighted by Gasteiger charge is 2.18. The molecule has 0 fully saturated rings. The summed E-state index contributed by atoms with van der Waals surface area (Å²) in [5, 5.41) is 9.52. The van der Waals surface area contributed by atoms with Crippen molar-refractivity contribution in [2.24, 2.45) is 4.99 Å². The number of furan rings is 2. The minimum atomic E-state index is 0.774. The molecule has 0 saturated heterocycles. The normalized spacial score (nSPS) is 12.6. The number of hydrogen-bond donors (Lipinski definition) is 0. The third-order valence-electron chi connectivity index (χ3n) is 12.7.